The van der Waals surface area contributed by atoms with E-state index in [0.29, 0.717) is 61.7 Å². The summed E-state index contributed by atoms with van der Waals surface area (Å²) in [6.45, 7) is 4.66. The summed E-state index contributed by atoms with van der Waals surface area (Å²) in [5.41, 5.74) is 0. The maximum Gasteiger partial charge on any atom is 0.472 e. The van der Waals surface area contributed by atoms with Crippen LogP contribution < -0.4 is 0 Å². The van der Waals surface area contributed by atoms with E-state index < -0.39 is 27.9 Å². The molecule has 0 radical (unpaired) electrons. The van der Waals surface area contributed by atoms with E-state index in [0.717, 1.165) is 51.4 Å². The molecule has 0 bridgehead atoms. The summed E-state index contributed by atoms with van der Waals surface area (Å²) in [6.07, 6.45) is 44.3. The molecule has 0 aromatic heterocycles. The first-order chi connectivity index (χ1) is 34.6. The van der Waals surface area contributed by atoms with Crippen LogP contribution >= 0.6 is 15.6 Å². The molecule has 0 aliphatic carbocycles. The van der Waals surface area contributed by atoms with E-state index >= 15 is 0 Å². The smallest absolute Gasteiger partial charge is 0.379 e. The lowest BCUT2D eigenvalue weighted by Crippen LogP contribution is -2.37. The standard InChI is InChI=1S/C56H116N2O12P2/c1-57(2,3)43-49-67-71(59,60)69-53-55-51-63-45-39-35-31-27-23-19-15-11-7-8-12-16-20-24-28-32-36-40-46-64-52-56(54-70-72(61,62)68-50-44-58(4,5)6)66-48-42-38-34-30-26-22-18-14-10-9-13-17-21-25-29-33-37-41-47-65-55/h55-56H,7-54H2,1-6H3/p+2. The third-order valence-electron chi connectivity index (χ3n) is 13.6. The van der Waals surface area contributed by atoms with Gasteiger partial charge in [0.25, 0.3) is 0 Å². The topological polar surface area (TPSA) is 148 Å². The molecule has 0 spiro atoms. The Morgan fingerprint density at radius 1 is 0.347 bits per heavy atom. The third kappa shape index (κ3) is 52.1. The van der Waals surface area contributed by atoms with Crippen molar-refractivity contribution in [2.75, 3.05) is 121 Å². The highest BCUT2D eigenvalue weighted by Gasteiger charge is 2.26. The van der Waals surface area contributed by atoms with Crippen LogP contribution in [0.4, 0.5) is 0 Å². The molecule has 16 heteroatoms. The fourth-order valence-electron chi connectivity index (χ4n) is 8.78. The molecular weight excluding hydrogens is 955 g/mol. The molecule has 1 rings (SSSR count). The van der Waals surface area contributed by atoms with Gasteiger partial charge in [0.1, 0.15) is 38.5 Å². The van der Waals surface area contributed by atoms with Crippen LogP contribution in [0.25, 0.3) is 0 Å². The summed E-state index contributed by atoms with van der Waals surface area (Å²) in [5, 5.41) is 0. The Morgan fingerprint density at radius 2 is 0.556 bits per heavy atom. The molecule has 0 aromatic carbocycles. The largest absolute Gasteiger partial charge is 0.472 e. The van der Waals surface area contributed by atoms with E-state index in [1.165, 1.54) is 180 Å². The van der Waals surface area contributed by atoms with E-state index in [2.05, 4.69) is 0 Å². The molecule has 72 heavy (non-hydrogen) atoms. The van der Waals surface area contributed by atoms with Crippen LogP contribution in [0, 0.1) is 0 Å². The second-order valence-corrected chi connectivity index (χ2v) is 26.0. The molecule has 1 heterocycles. The van der Waals surface area contributed by atoms with E-state index in [9.17, 15) is 18.9 Å². The summed E-state index contributed by atoms with van der Waals surface area (Å²) in [6, 6.07) is 0. The van der Waals surface area contributed by atoms with Crippen LogP contribution in [0.5, 0.6) is 0 Å². The SMILES string of the molecule is C[N+](C)(C)CCOP(=O)(O)OCC1COCCCCCCCCCCCCCCCCCCCCOCC(COP(=O)(O)OCC[N+](C)(C)C)OCCCCCCCCCCCCCCCCCCCCO1. The van der Waals surface area contributed by atoms with Crippen LogP contribution in [-0.2, 0) is 46.2 Å². The second-order valence-electron chi connectivity index (χ2n) is 23.1. The molecule has 4 atom stereocenters. The average Bonchev–Trinajstić information content (AvgIpc) is 3.31. The highest BCUT2D eigenvalue weighted by molar-refractivity contribution is 7.47. The molecule has 2 N–H and O–H groups in total. The van der Waals surface area contributed by atoms with Crippen molar-refractivity contribution in [3.05, 3.63) is 0 Å². The Labute approximate surface area is 443 Å². The fraction of sp³-hybridized carbons (Fsp3) is 1.00. The summed E-state index contributed by atoms with van der Waals surface area (Å²) < 4.78 is 72.0. The number of quaternary nitrogens is 2. The van der Waals surface area contributed by atoms with E-state index in [4.69, 9.17) is 37.0 Å². The molecule has 432 valence electrons. The number of rotatable bonds is 14. The summed E-state index contributed by atoms with van der Waals surface area (Å²) in [5.74, 6) is 0. The quantitative estimate of drug-likeness (QED) is 0.126. The van der Waals surface area contributed by atoms with Gasteiger partial charge in [-0.2, -0.15) is 0 Å². The van der Waals surface area contributed by atoms with Crippen LogP contribution in [0.2, 0.25) is 0 Å². The van der Waals surface area contributed by atoms with Crippen molar-refractivity contribution in [1.29, 1.82) is 0 Å². The Hall–Kier alpha value is -0.0200. The minimum absolute atomic E-state index is 0.0257. The van der Waals surface area contributed by atoms with Crippen molar-refractivity contribution in [2.24, 2.45) is 0 Å². The van der Waals surface area contributed by atoms with Gasteiger partial charge in [0.05, 0.1) is 68.7 Å². The van der Waals surface area contributed by atoms with Crippen molar-refractivity contribution in [3.63, 3.8) is 0 Å². The number of ether oxygens (including phenoxy) is 4. The second kappa shape index (κ2) is 47.0. The van der Waals surface area contributed by atoms with E-state index in [1.807, 2.05) is 42.3 Å². The molecule has 0 saturated carbocycles. The molecule has 1 fully saturated rings. The lowest BCUT2D eigenvalue weighted by Gasteiger charge is -2.24. The zero-order valence-corrected chi connectivity index (χ0v) is 49.7. The van der Waals surface area contributed by atoms with Gasteiger partial charge in [-0.3, -0.25) is 18.1 Å². The summed E-state index contributed by atoms with van der Waals surface area (Å²) >= 11 is 0. The van der Waals surface area contributed by atoms with Gasteiger partial charge in [0.2, 0.25) is 0 Å². The monoisotopic (exact) mass is 1070 g/mol. The van der Waals surface area contributed by atoms with E-state index in [1.54, 1.807) is 0 Å². The highest BCUT2D eigenvalue weighted by Crippen LogP contribution is 2.44. The van der Waals surface area contributed by atoms with E-state index in [-0.39, 0.29) is 26.4 Å². The lowest BCUT2D eigenvalue weighted by molar-refractivity contribution is -0.870. The van der Waals surface area contributed by atoms with Gasteiger partial charge in [0, 0.05) is 26.4 Å². The Kier molecular flexibility index (Phi) is 45.7. The molecule has 0 aromatic rings. The molecule has 1 saturated heterocycles. The maximum absolute atomic E-state index is 12.6. The number of nitrogens with zero attached hydrogens (tertiary/aromatic N) is 2. The highest BCUT2D eigenvalue weighted by atomic mass is 31.2. The van der Waals surface area contributed by atoms with Crippen molar-refractivity contribution in [1.82, 2.24) is 0 Å². The first kappa shape index (κ1) is 70.0. The van der Waals surface area contributed by atoms with Gasteiger partial charge in [-0.1, -0.05) is 205 Å². The molecule has 1 aliphatic rings. The van der Waals surface area contributed by atoms with Gasteiger partial charge in [-0.15, -0.1) is 0 Å². The molecule has 14 nitrogen and oxygen atoms in total. The van der Waals surface area contributed by atoms with Crippen molar-refractivity contribution in [2.45, 2.75) is 243 Å². The number of hydrogen-bond donors (Lipinski definition) is 2. The predicted molar refractivity (Wildman–Crippen MR) is 297 cm³/mol. The fourth-order valence-corrected chi connectivity index (χ4v) is 10.3. The number of phosphoric ester groups is 2. The molecule has 1 aliphatic heterocycles. The summed E-state index contributed by atoms with van der Waals surface area (Å²) in [7, 11) is 3.75. The van der Waals surface area contributed by atoms with Crippen LogP contribution in [0.15, 0.2) is 0 Å². The normalized spacial score (nSPS) is 24.4. The van der Waals surface area contributed by atoms with Gasteiger partial charge in [-0.05, 0) is 25.7 Å². The van der Waals surface area contributed by atoms with Crippen LogP contribution in [0.1, 0.15) is 231 Å². The van der Waals surface area contributed by atoms with Gasteiger partial charge in [0.15, 0.2) is 0 Å². The number of phosphoric acid groups is 2. The minimum Gasteiger partial charge on any atom is -0.379 e. The Morgan fingerprint density at radius 3 is 0.778 bits per heavy atom. The molecule has 0 amide bonds. The number of hydrogen-bond acceptors (Lipinski definition) is 10. The van der Waals surface area contributed by atoms with Gasteiger partial charge >= 0.3 is 15.6 Å². The first-order valence-electron chi connectivity index (χ1n) is 29.8. The zero-order chi connectivity index (χ0) is 52.8. The first-order valence-corrected chi connectivity index (χ1v) is 32.8. The molecular formula is C56H118N2O12P2+2. The summed E-state index contributed by atoms with van der Waals surface area (Å²) in [4.78, 5) is 20.6. The minimum atomic E-state index is -4.17. The third-order valence-corrected chi connectivity index (χ3v) is 15.5. The van der Waals surface area contributed by atoms with Crippen LogP contribution in [-0.4, -0.2) is 152 Å². The maximum atomic E-state index is 12.6. The Bertz CT molecular complexity index is 1180. The van der Waals surface area contributed by atoms with Crippen molar-refractivity contribution in [3.8, 4) is 0 Å². The lowest BCUT2D eigenvalue weighted by atomic mass is 10.0. The molecule has 4 unspecified atom stereocenters. The van der Waals surface area contributed by atoms with Crippen molar-refractivity contribution < 1.29 is 64.9 Å². The van der Waals surface area contributed by atoms with Crippen molar-refractivity contribution >= 4 is 15.6 Å². The van der Waals surface area contributed by atoms with Gasteiger partial charge < -0.3 is 37.7 Å². The Balaban J connectivity index is 2.48. The predicted octanol–water partition coefficient (Wildman–Crippen LogP) is 14.5. The average molecular weight is 1070 g/mol. The number of likely N-dealkylation sites (N-methyl/N-ethyl adjacent to an activating group) is 2. The van der Waals surface area contributed by atoms with Gasteiger partial charge in [-0.25, -0.2) is 9.13 Å². The zero-order valence-electron chi connectivity index (χ0n) is 47.9. The van der Waals surface area contributed by atoms with Crippen LogP contribution in [0.3, 0.4) is 0 Å².